The molecule has 4 rings (SSSR count). The first-order valence-corrected chi connectivity index (χ1v) is 12.0. The third-order valence-electron chi connectivity index (χ3n) is 5.75. The number of Topliss-reactive ketones (excluding diaryl/α,β-unsaturated/α-hetero) is 1. The molecule has 0 aromatic heterocycles. The molecule has 0 spiro atoms. The van der Waals surface area contributed by atoms with Gasteiger partial charge in [-0.3, -0.25) is 14.5 Å². The maximum atomic E-state index is 13.4. The average molecular weight is 488 g/mol. The van der Waals surface area contributed by atoms with E-state index in [1.165, 1.54) is 4.90 Å². The van der Waals surface area contributed by atoms with Gasteiger partial charge >= 0.3 is 0 Å². The number of aliphatic hydroxyl groups is 1. The Labute approximate surface area is 210 Å². The number of hydrogen-bond donors (Lipinski definition) is 1. The number of ketones is 1. The molecule has 0 saturated carbocycles. The van der Waals surface area contributed by atoms with Gasteiger partial charge in [0.1, 0.15) is 23.0 Å². The summed E-state index contributed by atoms with van der Waals surface area (Å²) in [6.07, 6.45) is 0. The third-order valence-corrected chi connectivity index (χ3v) is 5.75. The maximum Gasteiger partial charge on any atom is 0.300 e. The Bertz CT molecular complexity index is 1300. The molecule has 7 nitrogen and oxygen atoms in total. The van der Waals surface area contributed by atoms with Crippen molar-refractivity contribution >= 4 is 23.1 Å². The molecule has 1 unspecified atom stereocenters. The van der Waals surface area contributed by atoms with Crippen molar-refractivity contribution in [3.8, 4) is 17.2 Å². The van der Waals surface area contributed by atoms with Gasteiger partial charge in [0.25, 0.3) is 11.7 Å². The highest BCUT2D eigenvalue weighted by atomic mass is 16.5. The number of anilines is 1. The lowest BCUT2D eigenvalue weighted by atomic mass is 9.95. The van der Waals surface area contributed by atoms with Crippen molar-refractivity contribution in [1.29, 1.82) is 0 Å². The Morgan fingerprint density at radius 3 is 1.97 bits per heavy atom. The SMILES string of the molecule is CCOc1cccc(/C(O)=C2\C(=O)C(=O)N(c3cccc(OCC)c3)C2c2cccc(OCC)c2)c1. The van der Waals surface area contributed by atoms with Crippen molar-refractivity contribution < 1.29 is 28.9 Å². The van der Waals surface area contributed by atoms with Crippen molar-refractivity contribution in [2.45, 2.75) is 26.8 Å². The van der Waals surface area contributed by atoms with Crippen LogP contribution in [0.3, 0.4) is 0 Å². The Hall–Kier alpha value is -4.26. The van der Waals surface area contributed by atoms with Gasteiger partial charge in [-0.05, 0) is 62.7 Å². The number of amides is 1. The number of hydrogen-bond acceptors (Lipinski definition) is 6. The van der Waals surface area contributed by atoms with E-state index in [1.807, 2.05) is 26.8 Å². The summed E-state index contributed by atoms with van der Waals surface area (Å²) < 4.78 is 16.9. The van der Waals surface area contributed by atoms with Gasteiger partial charge in [-0.2, -0.15) is 0 Å². The molecular formula is C29H29NO6. The van der Waals surface area contributed by atoms with Gasteiger partial charge in [0.05, 0.1) is 31.4 Å². The van der Waals surface area contributed by atoms with E-state index < -0.39 is 17.7 Å². The molecule has 36 heavy (non-hydrogen) atoms. The van der Waals surface area contributed by atoms with Crippen LogP contribution in [0.2, 0.25) is 0 Å². The third kappa shape index (κ3) is 4.91. The highest BCUT2D eigenvalue weighted by Gasteiger charge is 2.47. The molecule has 0 aliphatic carbocycles. The number of benzene rings is 3. The van der Waals surface area contributed by atoms with Gasteiger partial charge in [-0.1, -0.05) is 30.3 Å². The standard InChI is InChI=1S/C29H29NO6/c1-4-34-22-13-7-10-19(16-22)26-25(27(31)20-11-8-14-23(17-20)35-5-2)28(32)29(33)30(26)21-12-9-15-24(18-21)36-6-3/h7-18,26,31H,4-6H2,1-3H3/b27-25+. The zero-order chi connectivity index (χ0) is 25.7. The molecule has 1 aliphatic heterocycles. The van der Waals surface area contributed by atoms with Crippen LogP contribution in [0.4, 0.5) is 5.69 Å². The fourth-order valence-corrected chi connectivity index (χ4v) is 4.30. The minimum Gasteiger partial charge on any atom is -0.507 e. The number of carbonyl (C=O) groups is 2. The van der Waals surface area contributed by atoms with E-state index in [9.17, 15) is 14.7 Å². The maximum absolute atomic E-state index is 13.4. The monoisotopic (exact) mass is 487 g/mol. The summed E-state index contributed by atoms with van der Waals surface area (Å²) in [4.78, 5) is 28.2. The van der Waals surface area contributed by atoms with Gasteiger partial charge in [-0.25, -0.2) is 0 Å². The number of carbonyl (C=O) groups excluding carboxylic acids is 2. The topological polar surface area (TPSA) is 85.3 Å². The summed E-state index contributed by atoms with van der Waals surface area (Å²) in [6, 6.07) is 20.1. The van der Waals surface area contributed by atoms with Crippen molar-refractivity contribution in [2.75, 3.05) is 24.7 Å². The molecular weight excluding hydrogens is 458 g/mol. The van der Waals surface area contributed by atoms with Gasteiger partial charge < -0.3 is 19.3 Å². The zero-order valence-electron chi connectivity index (χ0n) is 20.6. The van der Waals surface area contributed by atoms with Crippen molar-refractivity contribution in [2.24, 2.45) is 0 Å². The highest BCUT2D eigenvalue weighted by Crippen LogP contribution is 2.43. The molecule has 0 radical (unpaired) electrons. The molecule has 1 atom stereocenters. The number of nitrogens with zero attached hydrogens (tertiary/aromatic N) is 1. The average Bonchev–Trinajstić information content (AvgIpc) is 3.15. The van der Waals surface area contributed by atoms with E-state index in [0.717, 1.165) is 0 Å². The fourth-order valence-electron chi connectivity index (χ4n) is 4.30. The fraction of sp³-hybridized carbons (Fsp3) is 0.241. The smallest absolute Gasteiger partial charge is 0.300 e. The summed E-state index contributed by atoms with van der Waals surface area (Å²) in [6.45, 7) is 6.98. The Balaban J connectivity index is 1.91. The Morgan fingerprint density at radius 2 is 1.33 bits per heavy atom. The second-order valence-electron chi connectivity index (χ2n) is 8.07. The van der Waals surface area contributed by atoms with E-state index >= 15 is 0 Å². The molecule has 1 saturated heterocycles. The van der Waals surface area contributed by atoms with Crippen molar-refractivity contribution in [1.82, 2.24) is 0 Å². The first-order valence-electron chi connectivity index (χ1n) is 12.0. The predicted octanol–water partition coefficient (Wildman–Crippen LogP) is 5.51. The van der Waals surface area contributed by atoms with Crippen LogP contribution in [0.15, 0.2) is 78.4 Å². The van der Waals surface area contributed by atoms with Gasteiger partial charge in [0, 0.05) is 17.3 Å². The van der Waals surface area contributed by atoms with Crippen LogP contribution in [0.1, 0.15) is 37.9 Å². The van der Waals surface area contributed by atoms with E-state index in [0.29, 0.717) is 53.9 Å². The molecule has 1 fully saturated rings. The van der Waals surface area contributed by atoms with Crippen LogP contribution in [0.5, 0.6) is 17.2 Å². The van der Waals surface area contributed by atoms with Crippen LogP contribution in [-0.4, -0.2) is 36.6 Å². The lowest BCUT2D eigenvalue weighted by molar-refractivity contribution is -0.132. The lowest BCUT2D eigenvalue weighted by Gasteiger charge is -2.26. The summed E-state index contributed by atoms with van der Waals surface area (Å²) in [5.41, 5.74) is 1.48. The summed E-state index contributed by atoms with van der Waals surface area (Å²) in [7, 11) is 0. The molecule has 186 valence electrons. The molecule has 3 aromatic carbocycles. The first-order chi connectivity index (χ1) is 17.5. The van der Waals surface area contributed by atoms with Crippen LogP contribution < -0.4 is 19.1 Å². The molecule has 3 aromatic rings. The van der Waals surface area contributed by atoms with E-state index in [2.05, 4.69) is 0 Å². The Kier molecular flexibility index (Phi) is 7.59. The van der Waals surface area contributed by atoms with Crippen molar-refractivity contribution in [3.63, 3.8) is 0 Å². The van der Waals surface area contributed by atoms with Crippen LogP contribution in [-0.2, 0) is 9.59 Å². The molecule has 0 bridgehead atoms. The lowest BCUT2D eigenvalue weighted by Crippen LogP contribution is -2.29. The summed E-state index contributed by atoms with van der Waals surface area (Å²) in [5, 5.41) is 11.4. The zero-order valence-corrected chi connectivity index (χ0v) is 20.6. The molecule has 1 heterocycles. The first kappa shape index (κ1) is 24.9. The van der Waals surface area contributed by atoms with Crippen LogP contribution in [0.25, 0.3) is 5.76 Å². The second-order valence-corrected chi connectivity index (χ2v) is 8.07. The summed E-state index contributed by atoms with van der Waals surface area (Å²) >= 11 is 0. The van der Waals surface area contributed by atoms with E-state index in [1.54, 1.807) is 66.7 Å². The minimum atomic E-state index is -0.877. The quantitative estimate of drug-likeness (QED) is 0.243. The van der Waals surface area contributed by atoms with Crippen LogP contribution in [0, 0.1) is 0 Å². The largest absolute Gasteiger partial charge is 0.507 e. The van der Waals surface area contributed by atoms with E-state index in [4.69, 9.17) is 14.2 Å². The number of ether oxygens (including phenoxy) is 3. The summed E-state index contributed by atoms with van der Waals surface area (Å²) in [5.74, 6) is -0.0636. The minimum absolute atomic E-state index is 0.0101. The predicted molar refractivity (Wildman–Crippen MR) is 138 cm³/mol. The number of rotatable bonds is 9. The van der Waals surface area contributed by atoms with Crippen LogP contribution >= 0.6 is 0 Å². The van der Waals surface area contributed by atoms with Gasteiger partial charge in [-0.15, -0.1) is 0 Å². The molecule has 7 heteroatoms. The molecule has 1 N–H and O–H groups in total. The second kappa shape index (κ2) is 11.0. The number of aliphatic hydroxyl groups excluding tert-OH is 1. The van der Waals surface area contributed by atoms with E-state index in [-0.39, 0.29) is 11.3 Å². The molecule has 1 aliphatic rings. The highest BCUT2D eigenvalue weighted by molar-refractivity contribution is 6.51. The normalized spacial score (nSPS) is 16.8. The van der Waals surface area contributed by atoms with Crippen molar-refractivity contribution in [3.05, 3.63) is 89.5 Å². The van der Waals surface area contributed by atoms with Gasteiger partial charge in [0.15, 0.2) is 0 Å². The molecule has 1 amide bonds. The Morgan fingerprint density at radius 1 is 0.778 bits per heavy atom. The van der Waals surface area contributed by atoms with Gasteiger partial charge in [0.2, 0.25) is 0 Å².